The van der Waals surface area contributed by atoms with E-state index in [1.165, 1.54) is 0 Å². The van der Waals surface area contributed by atoms with Crippen molar-refractivity contribution in [3.8, 4) is 0 Å². The zero-order valence-corrected chi connectivity index (χ0v) is 13.3. The van der Waals surface area contributed by atoms with Gasteiger partial charge in [-0.2, -0.15) is 0 Å². The summed E-state index contributed by atoms with van der Waals surface area (Å²) in [6.07, 6.45) is -0.0738. The largest absolute Gasteiger partial charge is 0.466 e. The van der Waals surface area contributed by atoms with E-state index in [1.54, 1.807) is 13.8 Å². The Hall–Kier alpha value is -1.96. The van der Waals surface area contributed by atoms with Gasteiger partial charge in [0.25, 0.3) is 0 Å². The Bertz CT molecular complexity index is 482. The first-order chi connectivity index (χ1) is 11.0. The molecule has 2 unspecified atom stereocenters. The van der Waals surface area contributed by atoms with Gasteiger partial charge in [0.2, 0.25) is 11.8 Å². The van der Waals surface area contributed by atoms with E-state index < -0.39 is 41.6 Å². The molecule has 8 nitrogen and oxygen atoms in total. The second-order valence-electron chi connectivity index (χ2n) is 5.41. The van der Waals surface area contributed by atoms with Crippen LogP contribution in [0.15, 0.2) is 0 Å². The Morgan fingerprint density at radius 3 is 2.22 bits per heavy atom. The fourth-order valence-electron chi connectivity index (χ4n) is 2.89. The number of carbonyl (C=O) groups excluding carboxylic acids is 4. The Labute approximate surface area is 134 Å². The van der Waals surface area contributed by atoms with Crippen molar-refractivity contribution in [2.75, 3.05) is 26.4 Å². The minimum Gasteiger partial charge on any atom is -0.466 e. The maximum atomic E-state index is 12.4. The fourth-order valence-corrected chi connectivity index (χ4v) is 2.89. The maximum Gasteiger partial charge on any atom is 0.329 e. The van der Waals surface area contributed by atoms with Gasteiger partial charge in [-0.15, -0.1) is 0 Å². The van der Waals surface area contributed by atoms with Gasteiger partial charge < -0.3 is 14.2 Å². The molecule has 0 spiro atoms. The molecule has 2 rings (SSSR count). The van der Waals surface area contributed by atoms with Crippen molar-refractivity contribution in [1.29, 1.82) is 0 Å². The SMILES string of the molecule is CCOC(=O)CC[C@@H](C(=O)OCC)N1C(=O)C2COCC2C1=O. The number of esters is 2. The number of fused-ring (bicyclic) bond motifs is 1. The summed E-state index contributed by atoms with van der Waals surface area (Å²) in [5.41, 5.74) is 0. The van der Waals surface area contributed by atoms with Crippen molar-refractivity contribution < 1.29 is 33.4 Å². The van der Waals surface area contributed by atoms with Crippen LogP contribution in [0.1, 0.15) is 26.7 Å². The molecule has 2 saturated heterocycles. The number of amides is 2. The molecule has 0 saturated carbocycles. The first kappa shape index (κ1) is 17.4. The highest BCUT2D eigenvalue weighted by Crippen LogP contribution is 2.34. The Morgan fingerprint density at radius 1 is 1.13 bits per heavy atom. The molecular formula is C15H21NO7. The molecule has 0 aromatic carbocycles. The minimum absolute atomic E-state index is 0.00452. The lowest BCUT2D eigenvalue weighted by molar-refractivity contribution is -0.160. The molecule has 2 heterocycles. The monoisotopic (exact) mass is 327 g/mol. The lowest BCUT2D eigenvalue weighted by atomic mass is 10.00. The molecule has 3 atom stereocenters. The quantitative estimate of drug-likeness (QED) is 0.475. The van der Waals surface area contributed by atoms with E-state index in [0.29, 0.717) is 0 Å². The van der Waals surface area contributed by atoms with E-state index in [2.05, 4.69) is 0 Å². The topological polar surface area (TPSA) is 99.2 Å². The number of likely N-dealkylation sites (tertiary alicyclic amines) is 1. The van der Waals surface area contributed by atoms with E-state index in [-0.39, 0.29) is 39.3 Å². The fraction of sp³-hybridized carbons (Fsp3) is 0.733. The van der Waals surface area contributed by atoms with Crippen LogP contribution in [-0.2, 0) is 33.4 Å². The van der Waals surface area contributed by atoms with Crippen LogP contribution in [0.25, 0.3) is 0 Å². The van der Waals surface area contributed by atoms with E-state index in [4.69, 9.17) is 14.2 Å². The molecule has 0 aromatic rings. The number of rotatable bonds is 7. The predicted octanol–water partition coefficient (Wildman–Crippen LogP) is -0.107. The smallest absolute Gasteiger partial charge is 0.329 e. The normalized spacial score (nSPS) is 24.5. The van der Waals surface area contributed by atoms with Crippen LogP contribution in [0, 0.1) is 11.8 Å². The highest BCUT2D eigenvalue weighted by Gasteiger charge is 2.54. The van der Waals surface area contributed by atoms with Crippen LogP contribution in [0.3, 0.4) is 0 Å². The summed E-state index contributed by atoms with van der Waals surface area (Å²) in [5, 5.41) is 0. The number of hydrogen-bond acceptors (Lipinski definition) is 7. The van der Waals surface area contributed by atoms with Crippen molar-refractivity contribution in [2.45, 2.75) is 32.7 Å². The zero-order valence-electron chi connectivity index (χ0n) is 13.3. The molecule has 23 heavy (non-hydrogen) atoms. The van der Waals surface area contributed by atoms with Crippen LogP contribution >= 0.6 is 0 Å². The molecule has 0 bridgehead atoms. The summed E-state index contributed by atoms with van der Waals surface area (Å²) < 4.78 is 14.9. The standard InChI is InChI=1S/C15H21NO7/c1-3-22-12(17)6-5-11(15(20)23-4-2)16-13(18)9-7-21-8-10(9)14(16)19/h9-11H,3-8H2,1-2H3/t9?,10?,11-/m0/s1. The second-order valence-corrected chi connectivity index (χ2v) is 5.41. The van der Waals surface area contributed by atoms with Gasteiger partial charge in [-0.1, -0.05) is 0 Å². The van der Waals surface area contributed by atoms with Gasteiger partial charge in [0.15, 0.2) is 0 Å². The summed E-state index contributed by atoms with van der Waals surface area (Å²) >= 11 is 0. The Morgan fingerprint density at radius 2 is 1.70 bits per heavy atom. The summed E-state index contributed by atoms with van der Waals surface area (Å²) in [7, 11) is 0. The van der Waals surface area contributed by atoms with E-state index in [1.807, 2.05) is 0 Å². The van der Waals surface area contributed by atoms with Crippen LogP contribution in [0.4, 0.5) is 0 Å². The first-order valence-corrected chi connectivity index (χ1v) is 7.78. The average molecular weight is 327 g/mol. The number of carbonyl (C=O) groups is 4. The third kappa shape index (κ3) is 3.52. The molecule has 2 aliphatic heterocycles. The number of ether oxygens (including phenoxy) is 3. The number of nitrogens with zero attached hydrogens (tertiary/aromatic N) is 1. The van der Waals surface area contributed by atoms with Crippen LogP contribution in [0.2, 0.25) is 0 Å². The van der Waals surface area contributed by atoms with Crippen LogP contribution < -0.4 is 0 Å². The van der Waals surface area contributed by atoms with Crippen LogP contribution in [-0.4, -0.2) is 61.1 Å². The molecule has 128 valence electrons. The van der Waals surface area contributed by atoms with Crippen LogP contribution in [0.5, 0.6) is 0 Å². The Kier molecular flexibility index (Phi) is 5.70. The molecule has 0 aromatic heterocycles. The molecule has 0 aliphatic carbocycles. The van der Waals surface area contributed by atoms with E-state index in [9.17, 15) is 19.2 Å². The zero-order chi connectivity index (χ0) is 17.0. The number of hydrogen-bond donors (Lipinski definition) is 0. The van der Waals surface area contributed by atoms with Gasteiger partial charge in [0, 0.05) is 6.42 Å². The summed E-state index contributed by atoms with van der Waals surface area (Å²) in [6.45, 7) is 4.02. The van der Waals surface area contributed by atoms with Gasteiger partial charge in [-0.05, 0) is 20.3 Å². The maximum absolute atomic E-state index is 12.4. The van der Waals surface area contributed by atoms with E-state index >= 15 is 0 Å². The summed E-state index contributed by atoms with van der Waals surface area (Å²) in [6, 6.07) is -1.09. The second kappa shape index (κ2) is 7.54. The summed E-state index contributed by atoms with van der Waals surface area (Å²) in [5.74, 6) is -3.10. The van der Waals surface area contributed by atoms with Gasteiger partial charge in [0.1, 0.15) is 6.04 Å². The Balaban J connectivity index is 2.13. The van der Waals surface area contributed by atoms with Crippen molar-refractivity contribution in [3.63, 3.8) is 0 Å². The lowest BCUT2D eigenvalue weighted by Gasteiger charge is -2.25. The highest BCUT2D eigenvalue weighted by atomic mass is 16.5. The molecule has 2 fully saturated rings. The van der Waals surface area contributed by atoms with E-state index in [0.717, 1.165) is 4.90 Å². The molecule has 2 aliphatic rings. The van der Waals surface area contributed by atoms with Gasteiger partial charge in [-0.3, -0.25) is 19.3 Å². The van der Waals surface area contributed by atoms with Gasteiger partial charge in [0.05, 0.1) is 38.3 Å². The van der Waals surface area contributed by atoms with Crippen molar-refractivity contribution in [2.24, 2.45) is 11.8 Å². The third-order valence-corrected chi connectivity index (χ3v) is 3.99. The molecule has 0 N–H and O–H groups in total. The molecular weight excluding hydrogens is 306 g/mol. The highest BCUT2D eigenvalue weighted by molar-refractivity contribution is 6.08. The lowest BCUT2D eigenvalue weighted by Crippen LogP contribution is -2.47. The first-order valence-electron chi connectivity index (χ1n) is 7.78. The third-order valence-electron chi connectivity index (χ3n) is 3.99. The number of imide groups is 1. The average Bonchev–Trinajstić information content (AvgIpc) is 3.07. The molecule has 2 amide bonds. The van der Waals surface area contributed by atoms with Crippen molar-refractivity contribution >= 4 is 23.8 Å². The van der Waals surface area contributed by atoms with Gasteiger partial charge in [-0.25, -0.2) is 4.79 Å². The van der Waals surface area contributed by atoms with Crippen molar-refractivity contribution in [3.05, 3.63) is 0 Å². The minimum atomic E-state index is -1.09. The molecule has 8 heteroatoms. The summed E-state index contributed by atoms with van der Waals surface area (Å²) in [4.78, 5) is 49.5. The van der Waals surface area contributed by atoms with Gasteiger partial charge >= 0.3 is 11.9 Å². The van der Waals surface area contributed by atoms with Crippen molar-refractivity contribution in [1.82, 2.24) is 4.90 Å². The predicted molar refractivity (Wildman–Crippen MR) is 75.9 cm³/mol. The molecule has 0 radical (unpaired) electrons.